The van der Waals surface area contributed by atoms with E-state index in [1.165, 1.54) is 22.9 Å². The molecule has 0 aliphatic carbocycles. The number of aromatic nitrogens is 4. The SMILES string of the molecule is Cc1ccc(-n2cnnc2SCC(=O)N(C)CCCc2cc(-c3ccccc3)no2)cc1C. The minimum Gasteiger partial charge on any atom is -0.361 e. The Kier molecular flexibility index (Phi) is 7.24. The molecule has 4 aromatic rings. The smallest absolute Gasteiger partial charge is 0.232 e. The van der Waals surface area contributed by atoms with Crippen LogP contribution in [0.4, 0.5) is 0 Å². The zero-order valence-corrected chi connectivity index (χ0v) is 19.9. The van der Waals surface area contributed by atoms with E-state index in [1.54, 1.807) is 11.2 Å². The van der Waals surface area contributed by atoms with Gasteiger partial charge in [-0.25, -0.2) is 0 Å². The molecule has 2 heterocycles. The fourth-order valence-corrected chi connectivity index (χ4v) is 4.27. The summed E-state index contributed by atoms with van der Waals surface area (Å²) in [5, 5.41) is 13.1. The lowest BCUT2D eigenvalue weighted by atomic mass is 10.1. The van der Waals surface area contributed by atoms with E-state index < -0.39 is 0 Å². The lowest BCUT2D eigenvalue weighted by Gasteiger charge is -2.16. The molecular weight excluding hydrogens is 434 g/mol. The van der Waals surface area contributed by atoms with E-state index in [9.17, 15) is 4.79 Å². The van der Waals surface area contributed by atoms with Gasteiger partial charge in [-0.2, -0.15) is 0 Å². The molecule has 33 heavy (non-hydrogen) atoms. The summed E-state index contributed by atoms with van der Waals surface area (Å²) in [6.07, 6.45) is 3.21. The molecule has 0 N–H and O–H groups in total. The van der Waals surface area contributed by atoms with E-state index in [1.807, 2.05) is 54.1 Å². The quantitative estimate of drug-likeness (QED) is 0.336. The maximum Gasteiger partial charge on any atom is 0.232 e. The maximum atomic E-state index is 12.6. The monoisotopic (exact) mass is 461 g/mol. The van der Waals surface area contributed by atoms with E-state index in [0.717, 1.165) is 35.5 Å². The largest absolute Gasteiger partial charge is 0.361 e. The van der Waals surface area contributed by atoms with Crippen molar-refractivity contribution < 1.29 is 9.32 Å². The summed E-state index contributed by atoms with van der Waals surface area (Å²) in [5.74, 6) is 1.18. The molecule has 1 amide bonds. The van der Waals surface area contributed by atoms with Crippen molar-refractivity contribution in [3.05, 3.63) is 77.8 Å². The number of carbonyl (C=O) groups excluding carboxylic acids is 1. The number of hydrogen-bond donors (Lipinski definition) is 0. The van der Waals surface area contributed by atoms with Crippen molar-refractivity contribution in [2.75, 3.05) is 19.3 Å². The van der Waals surface area contributed by atoms with Gasteiger partial charge in [0, 0.05) is 37.3 Å². The lowest BCUT2D eigenvalue weighted by Crippen LogP contribution is -2.29. The normalized spacial score (nSPS) is 11.0. The molecule has 2 aromatic carbocycles. The molecule has 0 atom stereocenters. The number of thioether (sulfide) groups is 1. The molecule has 7 nitrogen and oxygen atoms in total. The molecule has 4 rings (SSSR count). The zero-order valence-electron chi connectivity index (χ0n) is 19.1. The Morgan fingerprint density at radius 3 is 2.70 bits per heavy atom. The highest BCUT2D eigenvalue weighted by Crippen LogP contribution is 2.22. The number of carbonyl (C=O) groups is 1. The van der Waals surface area contributed by atoms with E-state index in [-0.39, 0.29) is 5.91 Å². The third-order valence-electron chi connectivity index (χ3n) is 5.58. The first-order valence-electron chi connectivity index (χ1n) is 10.9. The molecule has 0 spiro atoms. The molecule has 0 fully saturated rings. The topological polar surface area (TPSA) is 77.1 Å². The number of amides is 1. The van der Waals surface area contributed by atoms with Crippen LogP contribution in [0.1, 0.15) is 23.3 Å². The van der Waals surface area contributed by atoms with Crippen molar-refractivity contribution in [2.45, 2.75) is 31.8 Å². The summed E-state index contributed by atoms with van der Waals surface area (Å²) >= 11 is 1.40. The Morgan fingerprint density at radius 1 is 1.09 bits per heavy atom. The molecule has 0 aliphatic rings. The lowest BCUT2D eigenvalue weighted by molar-refractivity contribution is -0.127. The molecule has 8 heteroatoms. The van der Waals surface area contributed by atoms with E-state index in [4.69, 9.17) is 4.52 Å². The van der Waals surface area contributed by atoms with Crippen molar-refractivity contribution in [1.29, 1.82) is 0 Å². The summed E-state index contributed by atoms with van der Waals surface area (Å²) in [6.45, 7) is 4.81. The van der Waals surface area contributed by atoms with Crippen LogP contribution in [-0.4, -0.2) is 50.1 Å². The molecule has 2 aromatic heterocycles. The number of hydrogen-bond acceptors (Lipinski definition) is 6. The molecule has 0 bridgehead atoms. The molecular formula is C25H27N5O2S. The fraction of sp³-hybridized carbons (Fsp3) is 0.280. The minimum absolute atomic E-state index is 0.0529. The molecule has 0 saturated carbocycles. The zero-order chi connectivity index (χ0) is 23.2. The van der Waals surface area contributed by atoms with Crippen molar-refractivity contribution in [3.63, 3.8) is 0 Å². The van der Waals surface area contributed by atoms with Gasteiger partial charge in [-0.1, -0.05) is 53.3 Å². The summed E-state index contributed by atoms with van der Waals surface area (Å²) in [4.78, 5) is 14.4. The van der Waals surface area contributed by atoms with Crippen LogP contribution >= 0.6 is 11.8 Å². The van der Waals surface area contributed by atoms with Crippen LogP contribution in [-0.2, 0) is 11.2 Å². The van der Waals surface area contributed by atoms with Crippen LogP contribution in [0.5, 0.6) is 0 Å². The predicted octanol–water partition coefficient (Wildman–Crippen LogP) is 4.72. The van der Waals surface area contributed by atoms with E-state index in [2.05, 4.69) is 41.3 Å². The highest BCUT2D eigenvalue weighted by Gasteiger charge is 2.14. The maximum absolute atomic E-state index is 12.6. The van der Waals surface area contributed by atoms with Crippen molar-refractivity contribution >= 4 is 17.7 Å². The minimum atomic E-state index is 0.0529. The number of rotatable bonds is 9. The van der Waals surface area contributed by atoms with Gasteiger partial charge in [-0.15, -0.1) is 10.2 Å². The predicted molar refractivity (Wildman–Crippen MR) is 129 cm³/mol. The van der Waals surface area contributed by atoms with Gasteiger partial charge < -0.3 is 9.42 Å². The summed E-state index contributed by atoms with van der Waals surface area (Å²) in [6, 6.07) is 18.1. The Hall–Kier alpha value is -3.39. The van der Waals surface area contributed by atoms with Gasteiger partial charge in [-0.3, -0.25) is 9.36 Å². The van der Waals surface area contributed by atoms with Gasteiger partial charge in [0.15, 0.2) is 5.16 Å². The van der Waals surface area contributed by atoms with Crippen LogP contribution in [0.2, 0.25) is 0 Å². The Morgan fingerprint density at radius 2 is 1.91 bits per heavy atom. The summed E-state index contributed by atoms with van der Waals surface area (Å²) in [7, 11) is 1.83. The molecule has 0 aliphatic heterocycles. The second kappa shape index (κ2) is 10.5. The van der Waals surface area contributed by atoms with Gasteiger partial charge in [0.2, 0.25) is 5.91 Å². The Bertz CT molecular complexity index is 1220. The van der Waals surface area contributed by atoms with Gasteiger partial charge in [0.05, 0.1) is 5.75 Å². The highest BCUT2D eigenvalue weighted by molar-refractivity contribution is 7.99. The molecule has 0 unspecified atom stereocenters. The number of benzene rings is 2. The van der Waals surface area contributed by atoms with Crippen molar-refractivity contribution in [3.8, 4) is 16.9 Å². The highest BCUT2D eigenvalue weighted by atomic mass is 32.2. The number of nitrogens with zero attached hydrogens (tertiary/aromatic N) is 5. The average molecular weight is 462 g/mol. The Labute approximate surface area is 197 Å². The standard InChI is InChI=1S/C25H27N5O2S/c1-18-11-12-21(14-19(18)2)30-17-26-27-25(30)33-16-24(31)29(3)13-7-10-22-15-23(28-32-22)20-8-5-4-6-9-20/h4-6,8-9,11-12,14-15,17H,7,10,13,16H2,1-3H3. The van der Waals surface area contributed by atoms with Crippen LogP contribution in [0.3, 0.4) is 0 Å². The van der Waals surface area contributed by atoms with Crippen LogP contribution in [0.25, 0.3) is 16.9 Å². The second-order valence-electron chi connectivity index (χ2n) is 8.00. The van der Waals surface area contributed by atoms with Crippen LogP contribution in [0, 0.1) is 13.8 Å². The first kappa shape index (κ1) is 22.8. The van der Waals surface area contributed by atoms with E-state index in [0.29, 0.717) is 17.5 Å². The average Bonchev–Trinajstić information content (AvgIpc) is 3.49. The summed E-state index contributed by atoms with van der Waals surface area (Å²) < 4.78 is 7.37. The van der Waals surface area contributed by atoms with Crippen LogP contribution in [0.15, 0.2) is 70.6 Å². The Balaban J connectivity index is 1.26. The second-order valence-corrected chi connectivity index (χ2v) is 8.95. The van der Waals surface area contributed by atoms with Gasteiger partial charge in [0.25, 0.3) is 0 Å². The molecule has 0 saturated heterocycles. The van der Waals surface area contributed by atoms with Crippen molar-refractivity contribution in [1.82, 2.24) is 24.8 Å². The first-order chi connectivity index (χ1) is 16.0. The van der Waals surface area contributed by atoms with Crippen molar-refractivity contribution in [2.24, 2.45) is 0 Å². The van der Waals surface area contributed by atoms with Crippen LogP contribution < -0.4 is 0 Å². The third-order valence-corrected chi connectivity index (χ3v) is 6.51. The molecule has 170 valence electrons. The first-order valence-corrected chi connectivity index (χ1v) is 11.9. The van der Waals surface area contributed by atoms with Gasteiger partial charge >= 0.3 is 0 Å². The fourth-order valence-electron chi connectivity index (χ4n) is 3.40. The van der Waals surface area contributed by atoms with E-state index >= 15 is 0 Å². The van der Waals surface area contributed by atoms with Gasteiger partial charge in [-0.05, 0) is 43.5 Å². The number of aryl methyl sites for hydroxylation is 3. The molecule has 0 radical (unpaired) electrons. The van der Waals surface area contributed by atoms with Gasteiger partial charge in [0.1, 0.15) is 17.8 Å². The summed E-state index contributed by atoms with van der Waals surface area (Å²) in [5.41, 5.74) is 5.30. The third kappa shape index (κ3) is 5.70.